The monoisotopic (exact) mass is 315 g/mol. The van der Waals surface area contributed by atoms with Crippen LogP contribution >= 0.6 is 0 Å². The number of hydrogen-bond donors (Lipinski definition) is 1. The predicted molar refractivity (Wildman–Crippen MR) is 88.2 cm³/mol. The van der Waals surface area contributed by atoms with Crippen LogP contribution in [-0.2, 0) is 9.59 Å². The summed E-state index contributed by atoms with van der Waals surface area (Å²) in [6, 6.07) is 8.50. The number of carboxylic acids is 1. The standard InChI is InChI=1S/C19H25NO3/c1-13-4-2-3-5-17(13)14-8-10-20(11-9-14)18(21)15-6-7-16(12-15)19(22)23/h2-5,14-16H,6-12H2,1H3,(H,22,23)/t15-,16+/m1/s1. The van der Waals surface area contributed by atoms with E-state index >= 15 is 0 Å². The molecule has 1 saturated heterocycles. The summed E-state index contributed by atoms with van der Waals surface area (Å²) < 4.78 is 0. The number of piperidine rings is 1. The average Bonchev–Trinajstić information content (AvgIpc) is 3.05. The number of benzene rings is 1. The molecule has 1 N–H and O–H groups in total. The molecule has 0 spiro atoms. The smallest absolute Gasteiger partial charge is 0.306 e. The lowest BCUT2D eigenvalue weighted by Gasteiger charge is -2.34. The predicted octanol–water partition coefficient (Wildman–Crippen LogP) is 3.20. The molecule has 1 saturated carbocycles. The molecule has 1 aliphatic carbocycles. The minimum absolute atomic E-state index is 0.0777. The first kappa shape index (κ1) is 16.0. The molecule has 1 amide bonds. The number of carbonyl (C=O) groups excluding carboxylic acids is 1. The lowest BCUT2D eigenvalue weighted by atomic mass is 9.86. The normalized spacial score (nSPS) is 25.5. The Labute approximate surface area is 137 Å². The van der Waals surface area contributed by atoms with Crippen molar-refractivity contribution in [3.8, 4) is 0 Å². The SMILES string of the molecule is Cc1ccccc1C1CCN(C(=O)[C@@H]2CC[C@H](C(=O)O)C2)CC1. The summed E-state index contributed by atoms with van der Waals surface area (Å²) in [6.07, 6.45) is 3.90. The fourth-order valence-electron chi connectivity index (χ4n) is 4.14. The molecule has 4 heteroatoms. The maximum atomic E-state index is 12.6. The van der Waals surface area contributed by atoms with Gasteiger partial charge in [-0.05, 0) is 56.1 Å². The van der Waals surface area contributed by atoms with Crippen molar-refractivity contribution in [1.82, 2.24) is 4.90 Å². The molecule has 0 aromatic heterocycles. The molecule has 2 atom stereocenters. The van der Waals surface area contributed by atoms with E-state index in [1.807, 2.05) is 4.90 Å². The molecule has 0 radical (unpaired) electrons. The van der Waals surface area contributed by atoms with E-state index < -0.39 is 5.97 Å². The van der Waals surface area contributed by atoms with E-state index in [-0.39, 0.29) is 17.7 Å². The van der Waals surface area contributed by atoms with E-state index in [0.29, 0.717) is 18.8 Å². The van der Waals surface area contributed by atoms with Gasteiger partial charge in [0.2, 0.25) is 5.91 Å². The van der Waals surface area contributed by atoms with E-state index in [9.17, 15) is 9.59 Å². The van der Waals surface area contributed by atoms with Crippen LogP contribution in [0.4, 0.5) is 0 Å². The van der Waals surface area contributed by atoms with Crippen molar-refractivity contribution in [2.24, 2.45) is 11.8 Å². The second-order valence-corrected chi connectivity index (χ2v) is 7.00. The summed E-state index contributed by atoms with van der Waals surface area (Å²) in [7, 11) is 0. The topological polar surface area (TPSA) is 57.6 Å². The Morgan fingerprint density at radius 3 is 2.30 bits per heavy atom. The summed E-state index contributed by atoms with van der Waals surface area (Å²) in [4.78, 5) is 25.6. The van der Waals surface area contributed by atoms with Crippen LogP contribution in [0, 0.1) is 18.8 Å². The summed E-state index contributed by atoms with van der Waals surface area (Å²) in [5.41, 5.74) is 2.74. The van der Waals surface area contributed by atoms with Gasteiger partial charge in [0.15, 0.2) is 0 Å². The number of amides is 1. The van der Waals surface area contributed by atoms with Gasteiger partial charge in [0.05, 0.1) is 5.92 Å². The van der Waals surface area contributed by atoms with E-state index in [0.717, 1.165) is 32.4 Å². The van der Waals surface area contributed by atoms with Gasteiger partial charge < -0.3 is 10.0 Å². The summed E-state index contributed by atoms with van der Waals surface area (Å²) in [6.45, 7) is 3.75. The molecule has 3 rings (SSSR count). The number of likely N-dealkylation sites (tertiary alicyclic amines) is 1. The van der Waals surface area contributed by atoms with Crippen molar-refractivity contribution in [3.63, 3.8) is 0 Å². The zero-order chi connectivity index (χ0) is 16.4. The number of aliphatic carboxylic acids is 1. The van der Waals surface area contributed by atoms with Gasteiger partial charge in [0.1, 0.15) is 0 Å². The maximum absolute atomic E-state index is 12.6. The highest BCUT2D eigenvalue weighted by Crippen LogP contribution is 2.35. The lowest BCUT2D eigenvalue weighted by Crippen LogP contribution is -2.41. The molecule has 1 aromatic rings. The van der Waals surface area contributed by atoms with E-state index in [1.54, 1.807) is 0 Å². The van der Waals surface area contributed by atoms with Crippen LogP contribution in [-0.4, -0.2) is 35.0 Å². The third-order valence-corrected chi connectivity index (χ3v) is 5.57. The van der Waals surface area contributed by atoms with E-state index in [1.165, 1.54) is 11.1 Å². The highest BCUT2D eigenvalue weighted by Gasteiger charge is 2.36. The van der Waals surface area contributed by atoms with Gasteiger partial charge in [0, 0.05) is 19.0 Å². The zero-order valence-electron chi connectivity index (χ0n) is 13.7. The molecule has 1 aliphatic heterocycles. The minimum atomic E-state index is -0.751. The Morgan fingerprint density at radius 2 is 1.70 bits per heavy atom. The van der Waals surface area contributed by atoms with Crippen LogP contribution in [0.3, 0.4) is 0 Å². The second kappa shape index (κ2) is 6.73. The highest BCUT2D eigenvalue weighted by molar-refractivity contribution is 5.81. The number of rotatable bonds is 3. The van der Waals surface area contributed by atoms with Crippen LogP contribution in [0.1, 0.15) is 49.1 Å². The molecule has 2 aliphatic rings. The van der Waals surface area contributed by atoms with Crippen LogP contribution in [0.15, 0.2) is 24.3 Å². The van der Waals surface area contributed by atoms with Gasteiger partial charge in [-0.25, -0.2) is 0 Å². The maximum Gasteiger partial charge on any atom is 0.306 e. The first-order valence-electron chi connectivity index (χ1n) is 8.63. The van der Waals surface area contributed by atoms with Crippen molar-refractivity contribution in [3.05, 3.63) is 35.4 Å². The second-order valence-electron chi connectivity index (χ2n) is 7.00. The van der Waals surface area contributed by atoms with Crippen LogP contribution in [0.5, 0.6) is 0 Å². The Morgan fingerprint density at radius 1 is 1.04 bits per heavy atom. The van der Waals surface area contributed by atoms with Crippen molar-refractivity contribution < 1.29 is 14.7 Å². The number of carbonyl (C=O) groups is 2. The quantitative estimate of drug-likeness (QED) is 0.932. The molecule has 1 aromatic carbocycles. The minimum Gasteiger partial charge on any atom is -0.481 e. The van der Waals surface area contributed by atoms with Gasteiger partial charge >= 0.3 is 5.97 Å². The third kappa shape index (κ3) is 3.41. The van der Waals surface area contributed by atoms with Crippen molar-refractivity contribution >= 4 is 11.9 Å². The largest absolute Gasteiger partial charge is 0.481 e. The molecular formula is C19H25NO3. The van der Waals surface area contributed by atoms with Gasteiger partial charge in [-0.3, -0.25) is 9.59 Å². The van der Waals surface area contributed by atoms with Gasteiger partial charge in [-0.1, -0.05) is 24.3 Å². The van der Waals surface area contributed by atoms with Gasteiger partial charge in [0.25, 0.3) is 0 Å². The summed E-state index contributed by atoms with van der Waals surface area (Å²) in [5, 5.41) is 9.09. The molecule has 2 fully saturated rings. The fraction of sp³-hybridized carbons (Fsp3) is 0.579. The molecule has 124 valence electrons. The van der Waals surface area contributed by atoms with Crippen LogP contribution < -0.4 is 0 Å². The summed E-state index contributed by atoms with van der Waals surface area (Å²) in [5.74, 6) is -0.439. The Balaban J connectivity index is 1.56. The van der Waals surface area contributed by atoms with E-state index in [2.05, 4.69) is 31.2 Å². The third-order valence-electron chi connectivity index (χ3n) is 5.57. The number of hydrogen-bond acceptors (Lipinski definition) is 2. The molecule has 1 heterocycles. The van der Waals surface area contributed by atoms with E-state index in [4.69, 9.17) is 5.11 Å². The Hall–Kier alpha value is -1.84. The lowest BCUT2D eigenvalue weighted by molar-refractivity contribution is -0.141. The zero-order valence-corrected chi connectivity index (χ0v) is 13.7. The first-order chi connectivity index (χ1) is 11.1. The van der Waals surface area contributed by atoms with Crippen LogP contribution in [0.2, 0.25) is 0 Å². The average molecular weight is 315 g/mol. The van der Waals surface area contributed by atoms with Crippen molar-refractivity contribution in [2.45, 2.75) is 44.9 Å². The molecular weight excluding hydrogens is 290 g/mol. The molecule has 4 nitrogen and oxygen atoms in total. The van der Waals surface area contributed by atoms with Gasteiger partial charge in [-0.15, -0.1) is 0 Å². The number of carboxylic acid groups (broad SMARTS) is 1. The van der Waals surface area contributed by atoms with Crippen LogP contribution in [0.25, 0.3) is 0 Å². The van der Waals surface area contributed by atoms with Gasteiger partial charge in [-0.2, -0.15) is 0 Å². The molecule has 0 bridgehead atoms. The summed E-state index contributed by atoms with van der Waals surface area (Å²) >= 11 is 0. The van der Waals surface area contributed by atoms with Crippen molar-refractivity contribution in [2.75, 3.05) is 13.1 Å². The first-order valence-corrected chi connectivity index (χ1v) is 8.63. The fourth-order valence-corrected chi connectivity index (χ4v) is 4.14. The molecule has 0 unspecified atom stereocenters. The highest BCUT2D eigenvalue weighted by atomic mass is 16.4. The van der Waals surface area contributed by atoms with Crippen molar-refractivity contribution in [1.29, 1.82) is 0 Å². The number of aryl methyl sites for hydroxylation is 1. The number of nitrogens with zero attached hydrogens (tertiary/aromatic N) is 1. The Kier molecular flexibility index (Phi) is 4.69. The Bertz CT molecular complexity index is 590. The molecule has 23 heavy (non-hydrogen) atoms.